The lowest BCUT2D eigenvalue weighted by Crippen LogP contribution is -2.09. The molecule has 6 nitrogen and oxygen atoms in total. The average molecular weight is 450 g/mol. The predicted octanol–water partition coefficient (Wildman–Crippen LogP) is 6.24. The second-order valence-electron chi connectivity index (χ2n) is 7.42. The van der Waals surface area contributed by atoms with E-state index in [0.717, 1.165) is 53.3 Å². The number of thiophene rings is 1. The molecule has 4 rings (SSSR count). The summed E-state index contributed by atoms with van der Waals surface area (Å²) in [4.78, 5) is 0.798. The summed E-state index contributed by atoms with van der Waals surface area (Å²) in [6.07, 6.45) is 0.666. The molecule has 3 aromatic heterocycles. The van der Waals surface area contributed by atoms with Crippen molar-refractivity contribution in [1.82, 2.24) is 25.2 Å². The summed E-state index contributed by atoms with van der Waals surface area (Å²) in [5.74, 6) is 0.0489. The van der Waals surface area contributed by atoms with Crippen molar-refractivity contribution in [2.24, 2.45) is 0 Å². The largest absolute Gasteiger partial charge is 0.508 e. The first kappa shape index (κ1) is 21.4. The number of nitrogens with one attached hydrogen (secondary N) is 1. The number of phenols is 1. The molecule has 0 bridgehead atoms. The maximum absolute atomic E-state index is 13.7. The number of unbranched alkanes of at least 4 members (excludes halogenated alkanes) is 4. The molecule has 10 heteroatoms. The normalized spacial score (nSPS) is 12.1. The van der Waals surface area contributed by atoms with Crippen molar-refractivity contribution in [3.05, 3.63) is 35.9 Å². The molecule has 3 heterocycles. The molecule has 0 saturated carbocycles. The van der Waals surface area contributed by atoms with Gasteiger partial charge in [-0.1, -0.05) is 32.6 Å². The van der Waals surface area contributed by atoms with Gasteiger partial charge in [0.1, 0.15) is 5.75 Å². The Morgan fingerprint density at radius 1 is 1.10 bits per heavy atom. The summed E-state index contributed by atoms with van der Waals surface area (Å²) in [6, 6.07) is 7.09. The van der Waals surface area contributed by atoms with Gasteiger partial charge in [-0.3, -0.25) is 0 Å². The second kappa shape index (κ2) is 8.70. The van der Waals surface area contributed by atoms with E-state index in [2.05, 4.69) is 27.5 Å². The number of hydrogen-bond donors (Lipinski definition) is 2. The molecule has 0 aliphatic carbocycles. The molecule has 4 aromatic rings. The Morgan fingerprint density at radius 3 is 2.61 bits per heavy atom. The molecule has 0 spiro atoms. The van der Waals surface area contributed by atoms with Gasteiger partial charge in [0.25, 0.3) is 0 Å². The number of aromatic amines is 1. The van der Waals surface area contributed by atoms with Gasteiger partial charge in [0.15, 0.2) is 0 Å². The van der Waals surface area contributed by atoms with E-state index in [1.807, 2.05) is 10.6 Å². The molecule has 0 aliphatic rings. The van der Waals surface area contributed by atoms with Crippen molar-refractivity contribution in [2.45, 2.75) is 51.7 Å². The summed E-state index contributed by atoms with van der Waals surface area (Å²) in [5, 5.41) is 23.7. The highest BCUT2D eigenvalue weighted by atomic mass is 32.1. The second-order valence-corrected chi connectivity index (χ2v) is 8.50. The smallest absolute Gasteiger partial charge is 0.417 e. The third-order valence-electron chi connectivity index (χ3n) is 5.23. The minimum absolute atomic E-state index is 0.0587. The predicted molar refractivity (Wildman–Crippen MR) is 114 cm³/mol. The number of tetrazole rings is 1. The van der Waals surface area contributed by atoms with Crippen LogP contribution in [0, 0.1) is 0 Å². The van der Waals surface area contributed by atoms with Crippen LogP contribution >= 0.6 is 11.3 Å². The van der Waals surface area contributed by atoms with Crippen LogP contribution < -0.4 is 0 Å². The van der Waals surface area contributed by atoms with Crippen LogP contribution in [0.5, 0.6) is 5.75 Å². The number of hydrogen-bond acceptors (Lipinski definition) is 5. The zero-order valence-corrected chi connectivity index (χ0v) is 17.7. The minimum Gasteiger partial charge on any atom is -0.508 e. The van der Waals surface area contributed by atoms with E-state index in [1.54, 1.807) is 6.07 Å². The third kappa shape index (κ3) is 4.43. The lowest BCUT2D eigenvalue weighted by atomic mass is 10.0. The van der Waals surface area contributed by atoms with E-state index in [0.29, 0.717) is 18.1 Å². The maximum Gasteiger partial charge on any atom is 0.417 e. The van der Waals surface area contributed by atoms with Gasteiger partial charge in [-0.2, -0.15) is 18.4 Å². The van der Waals surface area contributed by atoms with Gasteiger partial charge in [-0.05, 0) is 42.0 Å². The zero-order chi connectivity index (χ0) is 22.0. The van der Waals surface area contributed by atoms with E-state index in [9.17, 15) is 18.3 Å². The van der Waals surface area contributed by atoms with Crippen molar-refractivity contribution < 1.29 is 18.3 Å². The van der Waals surface area contributed by atoms with E-state index in [-0.39, 0.29) is 5.56 Å². The van der Waals surface area contributed by atoms with Gasteiger partial charge >= 0.3 is 6.18 Å². The first-order valence-corrected chi connectivity index (χ1v) is 11.0. The van der Waals surface area contributed by atoms with Crippen molar-refractivity contribution >= 4 is 21.6 Å². The van der Waals surface area contributed by atoms with Crippen LogP contribution in [0.15, 0.2) is 30.3 Å². The highest BCUT2D eigenvalue weighted by Crippen LogP contribution is 2.43. The van der Waals surface area contributed by atoms with Crippen LogP contribution in [0.3, 0.4) is 0 Å². The van der Waals surface area contributed by atoms with Crippen molar-refractivity contribution in [3.8, 4) is 27.7 Å². The number of aromatic hydroxyl groups is 1. The quantitative estimate of drug-likeness (QED) is 0.312. The molecule has 31 heavy (non-hydrogen) atoms. The minimum atomic E-state index is -4.58. The summed E-state index contributed by atoms with van der Waals surface area (Å²) in [7, 11) is 0. The van der Waals surface area contributed by atoms with Gasteiger partial charge in [-0.25, -0.2) is 0 Å². The molecule has 2 N–H and O–H groups in total. The van der Waals surface area contributed by atoms with E-state index < -0.39 is 17.5 Å². The molecule has 0 saturated heterocycles. The summed E-state index contributed by atoms with van der Waals surface area (Å²) in [5.41, 5.74) is 0.548. The number of phenolic OH excluding ortho intramolecular Hbond substituents is 1. The SMILES string of the molecule is CCCCCCCn1c(-c2ccc(O)cc2C(F)(F)F)cc2sc(-c3nn[nH]n3)cc21. The number of nitrogens with zero attached hydrogens (tertiary/aromatic N) is 4. The topological polar surface area (TPSA) is 79.6 Å². The van der Waals surface area contributed by atoms with E-state index >= 15 is 0 Å². The molecular formula is C21H22F3N5OS. The number of H-pyrrole nitrogens is 1. The lowest BCUT2D eigenvalue weighted by Gasteiger charge is -2.16. The maximum atomic E-state index is 13.7. The van der Waals surface area contributed by atoms with Gasteiger partial charge < -0.3 is 9.67 Å². The number of halogens is 3. The van der Waals surface area contributed by atoms with Crippen LogP contribution in [0.4, 0.5) is 13.2 Å². The molecule has 164 valence electrons. The fourth-order valence-corrected chi connectivity index (χ4v) is 4.78. The third-order valence-corrected chi connectivity index (χ3v) is 6.29. The molecule has 1 aromatic carbocycles. The summed E-state index contributed by atoms with van der Waals surface area (Å²) in [6.45, 7) is 2.74. The van der Waals surface area contributed by atoms with E-state index in [1.165, 1.54) is 23.5 Å². The highest BCUT2D eigenvalue weighted by molar-refractivity contribution is 7.22. The van der Waals surface area contributed by atoms with Gasteiger partial charge in [0, 0.05) is 12.1 Å². The number of rotatable bonds is 8. The Balaban J connectivity index is 1.79. The first-order chi connectivity index (χ1) is 14.9. The average Bonchev–Trinajstić information content (AvgIpc) is 3.44. The van der Waals surface area contributed by atoms with Gasteiger partial charge in [0.05, 0.1) is 26.4 Å². The van der Waals surface area contributed by atoms with Crippen LogP contribution in [0.25, 0.3) is 32.2 Å². The molecule has 0 atom stereocenters. The van der Waals surface area contributed by atoms with Crippen LogP contribution in [-0.2, 0) is 12.7 Å². The fraction of sp³-hybridized carbons (Fsp3) is 0.381. The number of aromatic nitrogens is 5. The van der Waals surface area contributed by atoms with Crippen molar-refractivity contribution in [1.29, 1.82) is 0 Å². The Kier molecular flexibility index (Phi) is 5.99. The molecular weight excluding hydrogens is 427 g/mol. The van der Waals surface area contributed by atoms with Crippen molar-refractivity contribution in [2.75, 3.05) is 0 Å². The molecule has 0 aliphatic heterocycles. The molecule has 0 fully saturated rings. The number of benzene rings is 1. The van der Waals surface area contributed by atoms with Crippen molar-refractivity contribution in [3.63, 3.8) is 0 Å². The Bertz CT molecular complexity index is 1160. The molecule has 0 unspecified atom stereocenters. The Hall–Kier alpha value is -2.88. The van der Waals surface area contributed by atoms with Gasteiger partial charge in [-0.15, -0.1) is 21.5 Å². The highest BCUT2D eigenvalue weighted by Gasteiger charge is 2.35. The Morgan fingerprint density at radius 2 is 1.90 bits per heavy atom. The zero-order valence-electron chi connectivity index (χ0n) is 16.9. The fourth-order valence-electron chi connectivity index (χ4n) is 3.75. The van der Waals surface area contributed by atoms with E-state index in [4.69, 9.17) is 0 Å². The lowest BCUT2D eigenvalue weighted by molar-refractivity contribution is -0.137. The van der Waals surface area contributed by atoms with Crippen LogP contribution in [-0.4, -0.2) is 30.3 Å². The van der Waals surface area contributed by atoms with Crippen LogP contribution in [0.2, 0.25) is 0 Å². The molecule has 0 radical (unpaired) electrons. The first-order valence-electron chi connectivity index (χ1n) is 10.2. The number of aryl methyl sites for hydroxylation is 1. The Labute approximate surface area is 180 Å². The molecule has 0 amide bonds. The monoisotopic (exact) mass is 449 g/mol. The summed E-state index contributed by atoms with van der Waals surface area (Å²) >= 11 is 1.41. The van der Waals surface area contributed by atoms with Crippen LogP contribution in [0.1, 0.15) is 44.6 Å². The number of alkyl halides is 3. The number of fused-ring (bicyclic) bond motifs is 1. The standard InChI is InChI=1S/C21H22F3N5OS/c1-2-3-4-5-6-9-29-16(14-8-7-13(30)10-15(14)21(22,23)24)11-18-17(29)12-19(31-18)20-25-27-28-26-20/h7-8,10-12,30H,2-6,9H2,1H3,(H,25,26,27,28). The van der Waals surface area contributed by atoms with Gasteiger partial charge in [0.2, 0.25) is 5.82 Å². The summed E-state index contributed by atoms with van der Waals surface area (Å²) < 4.78 is 44.0.